The lowest BCUT2D eigenvalue weighted by Gasteiger charge is -2.12. The van der Waals surface area contributed by atoms with Crippen molar-refractivity contribution in [1.82, 2.24) is 0 Å². The van der Waals surface area contributed by atoms with Crippen LogP contribution in [0.2, 0.25) is 10.0 Å². The zero-order chi connectivity index (χ0) is 13.1. The van der Waals surface area contributed by atoms with Gasteiger partial charge in [-0.3, -0.25) is 0 Å². The standard InChI is InChI=1S/C15H14Cl2O/c1-10-8-12(4-7-14(10)17)15(18)9-11-2-5-13(16)6-3-11/h2-8,15,18H,9H2,1H3. The van der Waals surface area contributed by atoms with Crippen LogP contribution in [-0.4, -0.2) is 5.11 Å². The first-order valence-electron chi connectivity index (χ1n) is 5.75. The van der Waals surface area contributed by atoms with Gasteiger partial charge in [-0.15, -0.1) is 0 Å². The molecule has 1 atom stereocenters. The van der Waals surface area contributed by atoms with E-state index in [2.05, 4.69) is 0 Å². The van der Waals surface area contributed by atoms with Crippen molar-refractivity contribution in [3.8, 4) is 0 Å². The molecule has 0 saturated carbocycles. The maximum Gasteiger partial charge on any atom is 0.0830 e. The normalized spacial score (nSPS) is 12.4. The maximum atomic E-state index is 10.2. The van der Waals surface area contributed by atoms with Crippen LogP contribution in [0.3, 0.4) is 0 Å². The number of aliphatic hydroxyl groups excluding tert-OH is 1. The minimum Gasteiger partial charge on any atom is -0.388 e. The summed E-state index contributed by atoms with van der Waals surface area (Å²) in [6.45, 7) is 1.93. The largest absolute Gasteiger partial charge is 0.388 e. The summed E-state index contributed by atoms with van der Waals surface area (Å²) in [5.74, 6) is 0. The van der Waals surface area contributed by atoms with Crippen LogP contribution < -0.4 is 0 Å². The van der Waals surface area contributed by atoms with Crippen LogP contribution in [-0.2, 0) is 6.42 Å². The molecule has 1 unspecified atom stereocenters. The summed E-state index contributed by atoms with van der Waals surface area (Å²) >= 11 is 11.8. The van der Waals surface area contributed by atoms with Gasteiger partial charge in [0.05, 0.1) is 6.10 Å². The number of hydrogen-bond acceptors (Lipinski definition) is 1. The molecule has 2 rings (SSSR count). The number of aliphatic hydroxyl groups is 1. The van der Waals surface area contributed by atoms with Crippen LogP contribution in [0.1, 0.15) is 22.8 Å². The van der Waals surface area contributed by atoms with Crippen molar-refractivity contribution in [3.63, 3.8) is 0 Å². The fraction of sp³-hybridized carbons (Fsp3) is 0.200. The second-order valence-corrected chi connectivity index (χ2v) is 5.20. The number of rotatable bonds is 3. The Bertz CT molecular complexity index is 535. The van der Waals surface area contributed by atoms with E-state index in [9.17, 15) is 5.11 Å². The van der Waals surface area contributed by atoms with Crippen molar-refractivity contribution in [3.05, 3.63) is 69.2 Å². The first-order chi connectivity index (χ1) is 8.56. The van der Waals surface area contributed by atoms with Crippen molar-refractivity contribution < 1.29 is 5.11 Å². The first-order valence-corrected chi connectivity index (χ1v) is 6.50. The summed E-state index contributed by atoms with van der Waals surface area (Å²) in [7, 11) is 0. The van der Waals surface area contributed by atoms with Crippen molar-refractivity contribution >= 4 is 23.2 Å². The van der Waals surface area contributed by atoms with Crippen molar-refractivity contribution in [1.29, 1.82) is 0 Å². The lowest BCUT2D eigenvalue weighted by molar-refractivity contribution is 0.178. The second-order valence-electron chi connectivity index (χ2n) is 4.36. The highest BCUT2D eigenvalue weighted by atomic mass is 35.5. The predicted molar refractivity (Wildman–Crippen MR) is 76.3 cm³/mol. The highest BCUT2D eigenvalue weighted by Gasteiger charge is 2.09. The van der Waals surface area contributed by atoms with Gasteiger partial charge in [-0.1, -0.05) is 47.5 Å². The molecule has 0 heterocycles. The Kier molecular flexibility index (Phi) is 4.28. The molecule has 0 amide bonds. The van der Waals surface area contributed by atoms with E-state index in [0.29, 0.717) is 11.4 Å². The van der Waals surface area contributed by atoms with Gasteiger partial charge in [-0.2, -0.15) is 0 Å². The van der Waals surface area contributed by atoms with Gasteiger partial charge in [0.15, 0.2) is 0 Å². The molecule has 0 spiro atoms. The van der Waals surface area contributed by atoms with Crippen molar-refractivity contribution in [2.24, 2.45) is 0 Å². The van der Waals surface area contributed by atoms with Crippen LogP contribution in [0.4, 0.5) is 0 Å². The van der Waals surface area contributed by atoms with E-state index in [1.807, 2.05) is 49.4 Å². The monoisotopic (exact) mass is 280 g/mol. The number of halogens is 2. The van der Waals surface area contributed by atoms with E-state index in [1.165, 1.54) is 0 Å². The Labute approximate surface area is 117 Å². The lowest BCUT2D eigenvalue weighted by Crippen LogP contribution is -2.02. The van der Waals surface area contributed by atoms with E-state index < -0.39 is 6.10 Å². The number of aryl methyl sites for hydroxylation is 1. The summed E-state index contributed by atoms with van der Waals surface area (Å²) in [6.07, 6.45) is 0.0419. The molecule has 0 aliphatic rings. The second kappa shape index (κ2) is 5.75. The molecule has 1 nitrogen and oxygen atoms in total. The van der Waals surface area contributed by atoms with Gasteiger partial charge in [0.25, 0.3) is 0 Å². The summed E-state index contributed by atoms with van der Waals surface area (Å²) in [5, 5.41) is 11.6. The molecular weight excluding hydrogens is 267 g/mol. The number of benzene rings is 2. The molecule has 0 aromatic heterocycles. The summed E-state index contributed by atoms with van der Waals surface area (Å²) in [5.41, 5.74) is 2.91. The van der Waals surface area contributed by atoms with Gasteiger partial charge in [0.1, 0.15) is 0 Å². The average Bonchev–Trinajstić information content (AvgIpc) is 2.35. The van der Waals surface area contributed by atoms with Crippen molar-refractivity contribution in [2.45, 2.75) is 19.4 Å². The molecule has 0 saturated heterocycles. The zero-order valence-electron chi connectivity index (χ0n) is 10.0. The fourth-order valence-electron chi connectivity index (χ4n) is 1.84. The molecule has 94 valence electrons. The molecule has 2 aromatic rings. The predicted octanol–water partition coefficient (Wildman–Crippen LogP) is 4.58. The quantitative estimate of drug-likeness (QED) is 0.873. The Morgan fingerprint density at radius 3 is 2.33 bits per heavy atom. The molecule has 1 N–H and O–H groups in total. The SMILES string of the molecule is Cc1cc(C(O)Cc2ccc(Cl)cc2)ccc1Cl. The van der Waals surface area contributed by atoms with E-state index in [4.69, 9.17) is 23.2 Å². The van der Waals surface area contributed by atoms with E-state index in [1.54, 1.807) is 0 Å². The van der Waals surface area contributed by atoms with Gasteiger partial charge < -0.3 is 5.11 Å². The highest BCUT2D eigenvalue weighted by Crippen LogP contribution is 2.23. The Morgan fingerprint density at radius 1 is 1.06 bits per heavy atom. The molecular formula is C15H14Cl2O. The van der Waals surface area contributed by atoms with Crippen molar-refractivity contribution in [2.75, 3.05) is 0 Å². The average molecular weight is 281 g/mol. The highest BCUT2D eigenvalue weighted by molar-refractivity contribution is 6.31. The van der Waals surface area contributed by atoms with Crippen LogP contribution in [0.5, 0.6) is 0 Å². The third kappa shape index (κ3) is 3.26. The van der Waals surface area contributed by atoms with E-state index in [-0.39, 0.29) is 0 Å². The molecule has 2 aromatic carbocycles. The van der Waals surface area contributed by atoms with Gasteiger partial charge >= 0.3 is 0 Å². The van der Waals surface area contributed by atoms with Gasteiger partial charge in [-0.05, 0) is 41.8 Å². The molecule has 0 aliphatic heterocycles. The van der Waals surface area contributed by atoms with Crippen LogP contribution >= 0.6 is 23.2 Å². The number of hydrogen-bond donors (Lipinski definition) is 1. The minimum absolute atomic E-state index is 0.526. The van der Waals surface area contributed by atoms with Crippen LogP contribution in [0.25, 0.3) is 0 Å². The zero-order valence-corrected chi connectivity index (χ0v) is 11.5. The lowest BCUT2D eigenvalue weighted by atomic mass is 10.00. The summed E-state index contributed by atoms with van der Waals surface area (Å²) < 4.78 is 0. The topological polar surface area (TPSA) is 20.2 Å². The molecule has 0 fully saturated rings. The van der Waals surface area contributed by atoms with Crippen LogP contribution in [0, 0.1) is 6.92 Å². The van der Waals surface area contributed by atoms with Gasteiger partial charge in [0, 0.05) is 16.5 Å². The van der Waals surface area contributed by atoms with Gasteiger partial charge in [-0.25, -0.2) is 0 Å². The van der Waals surface area contributed by atoms with Gasteiger partial charge in [0.2, 0.25) is 0 Å². The smallest absolute Gasteiger partial charge is 0.0830 e. The maximum absolute atomic E-state index is 10.2. The third-order valence-electron chi connectivity index (χ3n) is 2.91. The Balaban J connectivity index is 2.13. The summed E-state index contributed by atoms with van der Waals surface area (Å²) in [4.78, 5) is 0. The van der Waals surface area contributed by atoms with Crippen LogP contribution in [0.15, 0.2) is 42.5 Å². The first kappa shape index (κ1) is 13.4. The Morgan fingerprint density at radius 2 is 1.72 bits per heavy atom. The Hall–Kier alpha value is -1.02. The minimum atomic E-state index is -0.526. The third-order valence-corrected chi connectivity index (χ3v) is 3.59. The van der Waals surface area contributed by atoms with E-state index >= 15 is 0 Å². The molecule has 18 heavy (non-hydrogen) atoms. The molecule has 0 radical (unpaired) electrons. The molecule has 0 aliphatic carbocycles. The van der Waals surface area contributed by atoms with E-state index in [0.717, 1.165) is 21.7 Å². The fourth-order valence-corrected chi connectivity index (χ4v) is 2.08. The molecule has 3 heteroatoms. The molecule has 0 bridgehead atoms. The summed E-state index contributed by atoms with van der Waals surface area (Å²) in [6, 6.07) is 13.1.